The van der Waals surface area contributed by atoms with Gasteiger partial charge in [0.25, 0.3) is 0 Å². The number of aromatic nitrogens is 1. The zero-order valence-electron chi connectivity index (χ0n) is 13.3. The first-order chi connectivity index (χ1) is 9.34. The maximum absolute atomic E-state index is 2.37. The summed E-state index contributed by atoms with van der Waals surface area (Å²) in [4.78, 5) is 2.12. The fourth-order valence-corrected chi connectivity index (χ4v) is 2.92. The lowest BCUT2D eigenvalue weighted by Gasteiger charge is -2.23. The SMILES string of the molecule is CSc1ccc(C(C)(C)C)n1-c1ccc(N(C)C)cc1. The van der Waals surface area contributed by atoms with E-state index in [2.05, 4.69) is 87.0 Å². The van der Waals surface area contributed by atoms with Crippen molar-refractivity contribution in [3.8, 4) is 5.69 Å². The van der Waals surface area contributed by atoms with E-state index in [4.69, 9.17) is 0 Å². The van der Waals surface area contributed by atoms with E-state index in [1.807, 2.05) is 0 Å². The first kappa shape index (κ1) is 15.0. The van der Waals surface area contributed by atoms with E-state index >= 15 is 0 Å². The lowest BCUT2D eigenvalue weighted by Crippen LogP contribution is -2.17. The second kappa shape index (κ2) is 5.57. The molecule has 0 bridgehead atoms. The third-order valence-corrected chi connectivity index (χ3v) is 4.18. The van der Waals surface area contributed by atoms with Crippen LogP contribution >= 0.6 is 11.8 Å². The highest BCUT2D eigenvalue weighted by Gasteiger charge is 2.21. The van der Waals surface area contributed by atoms with E-state index < -0.39 is 0 Å². The molecular weight excluding hydrogens is 264 g/mol. The van der Waals surface area contributed by atoms with Gasteiger partial charge in [-0.3, -0.25) is 0 Å². The van der Waals surface area contributed by atoms with Gasteiger partial charge in [-0.25, -0.2) is 0 Å². The summed E-state index contributed by atoms with van der Waals surface area (Å²) in [5.74, 6) is 0. The number of rotatable bonds is 3. The minimum atomic E-state index is 0.133. The van der Waals surface area contributed by atoms with Crippen LogP contribution in [-0.2, 0) is 5.41 Å². The van der Waals surface area contributed by atoms with Gasteiger partial charge in [0.1, 0.15) is 0 Å². The molecule has 0 saturated carbocycles. The Morgan fingerprint density at radius 3 is 2.00 bits per heavy atom. The van der Waals surface area contributed by atoms with E-state index in [0.29, 0.717) is 0 Å². The molecule has 2 rings (SSSR count). The molecule has 108 valence electrons. The van der Waals surface area contributed by atoms with Gasteiger partial charge in [-0.2, -0.15) is 0 Å². The second-order valence-corrected chi connectivity index (χ2v) is 7.08. The number of nitrogens with zero attached hydrogens (tertiary/aromatic N) is 2. The summed E-state index contributed by atoms with van der Waals surface area (Å²) in [5.41, 5.74) is 3.94. The summed E-state index contributed by atoms with van der Waals surface area (Å²) in [5, 5.41) is 1.28. The molecule has 0 unspecified atom stereocenters. The predicted molar refractivity (Wildman–Crippen MR) is 90.6 cm³/mol. The molecule has 3 heteroatoms. The Kier molecular flexibility index (Phi) is 4.19. The van der Waals surface area contributed by atoms with Crippen molar-refractivity contribution in [2.24, 2.45) is 0 Å². The third kappa shape index (κ3) is 2.88. The van der Waals surface area contributed by atoms with Gasteiger partial charge in [-0.15, -0.1) is 11.8 Å². The van der Waals surface area contributed by atoms with E-state index in [1.165, 1.54) is 22.1 Å². The summed E-state index contributed by atoms with van der Waals surface area (Å²) in [6.07, 6.45) is 2.13. The molecule has 1 heterocycles. The monoisotopic (exact) mass is 288 g/mol. The average Bonchev–Trinajstić information content (AvgIpc) is 2.82. The van der Waals surface area contributed by atoms with E-state index in [-0.39, 0.29) is 5.41 Å². The van der Waals surface area contributed by atoms with Crippen LogP contribution in [-0.4, -0.2) is 24.9 Å². The van der Waals surface area contributed by atoms with Crippen molar-refractivity contribution in [3.63, 3.8) is 0 Å². The van der Waals surface area contributed by atoms with Crippen molar-refractivity contribution in [3.05, 3.63) is 42.1 Å². The first-order valence-electron chi connectivity index (χ1n) is 6.88. The van der Waals surface area contributed by atoms with Crippen molar-refractivity contribution < 1.29 is 0 Å². The van der Waals surface area contributed by atoms with Gasteiger partial charge >= 0.3 is 0 Å². The predicted octanol–water partition coefficient (Wildman–Crippen LogP) is 4.56. The van der Waals surface area contributed by atoms with E-state index in [1.54, 1.807) is 11.8 Å². The maximum Gasteiger partial charge on any atom is 0.0793 e. The van der Waals surface area contributed by atoms with Crippen molar-refractivity contribution in [2.75, 3.05) is 25.3 Å². The van der Waals surface area contributed by atoms with Crippen LogP contribution in [0.3, 0.4) is 0 Å². The average molecular weight is 288 g/mol. The van der Waals surface area contributed by atoms with Crippen LogP contribution in [0.15, 0.2) is 41.4 Å². The molecule has 1 aromatic carbocycles. The molecule has 0 atom stereocenters. The van der Waals surface area contributed by atoms with Gasteiger partial charge in [-0.05, 0) is 42.7 Å². The highest BCUT2D eigenvalue weighted by atomic mass is 32.2. The Balaban J connectivity index is 2.53. The Morgan fingerprint density at radius 1 is 0.950 bits per heavy atom. The molecule has 0 fully saturated rings. The quantitative estimate of drug-likeness (QED) is 0.765. The Labute approximate surface area is 126 Å². The normalized spacial score (nSPS) is 11.7. The van der Waals surface area contributed by atoms with Crippen LogP contribution in [0.5, 0.6) is 0 Å². The number of hydrogen-bond donors (Lipinski definition) is 0. The molecule has 0 aliphatic heterocycles. The van der Waals surface area contributed by atoms with Crippen LogP contribution in [0, 0.1) is 0 Å². The van der Waals surface area contributed by atoms with Crippen LogP contribution in [0.25, 0.3) is 5.69 Å². The highest BCUT2D eigenvalue weighted by Crippen LogP contribution is 2.32. The first-order valence-corrected chi connectivity index (χ1v) is 8.11. The molecule has 2 aromatic rings. The molecule has 0 aliphatic rings. The van der Waals surface area contributed by atoms with Gasteiger partial charge in [-0.1, -0.05) is 20.8 Å². The zero-order chi connectivity index (χ0) is 14.9. The van der Waals surface area contributed by atoms with Crippen LogP contribution in [0.4, 0.5) is 5.69 Å². The van der Waals surface area contributed by atoms with Gasteiger partial charge in [0.15, 0.2) is 0 Å². The van der Waals surface area contributed by atoms with Crippen LogP contribution in [0.2, 0.25) is 0 Å². The smallest absolute Gasteiger partial charge is 0.0793 e. The number of benzene rings is 1. The second-order valence-electron chi connectivity index (χ2n) is 6.26. The van der Waals surface area contributed by atoms with E-state index in [9.17, 15) is 0 Å². The van der Waals surface area contributed by atoms with Crippen molar-refractivity contribution in [2.45, 2.75) is 31.2 Å². The lowest BCUT2D eigenvalue weighted by molar-refractivity contribution is 0.550. The third-order valence-electron chi connectivity index (χ3n) is 3.45. The molecule has 1 aromatic heterocycles. The Bertz CT molecular complexity index is 574. The van der Waals surface area contributed by atoms with Crippen LogP contribution in [0.1, 0.15) is 26.5 Å². The van der Waals surface area contributed by atoms with Gasteiger partial charge in [0.2, 0.25) is 0 Å². The van der Waals surface area contributed by atoms with E-state index in [0.717, 1.165) is 0 Å². The molecule has 2 nitrogen and oxygen atoms in total. The highest BCUT2D eigenvalue weighted by molar-refractivity contribution is 7.98. The molecule has 0 radical (unpaired) electrons. The minimum Gasteiger partial charge on any atom is -0.378 e. The minimum absolute atomic E-state index is 0.133. The Hall–Kier alpha value is -1.35. The number of hydrogen-bond acceptors (Lipinski definition) is 2. The summed E-state index contributed by atoms with van der Waals surface area (Å²) in [7, 11) is 4.14. The zero-order valence-corrected chi connectivity index (χ0v) is 14.1. The van der Waals surface area contributed by atoms with Gasteiger partial charge in [0.05, 0.1) is 5.03 Å². The summed E-state index contributed by atoms with van der Waals surface area (Å²) >= 11 is 1.79. The van der Waals surface area contributed by atoms with Crippen LogP contribution < -0.4 is 4.90 Å². The lowest BCUT2D eigenvalue weighted by atomic mass is 9.92. The fraction of sp³-hybridized carbons (Fsp3) is 0.412. The van der Waals surface area contributed by atoms with Gasteiger partial charge < -0.3 is 9.47 Å². The number of thioether (sulfide) groups is 1. The summed E-state index contributed by atoms with van der Waals surface area (Å²) in [6.45, 7) is 6.78. The summed E-state index contributed by atoms with van der Waals surface area (Å²) < 4.78 is 2.37. The topological polar surface area (TPSA) is 8.17 Å². The molecule has 20 heavy (non-hydrogen) atoms. The molecule has 0 aliphatic carbocycles. The standard InChI is InChI=1S/C17H24N2S/c1-17(2,3)15-11-12-16(20-6)19(15)14-9-7-13(8-10-14)18(4)5/h7-12H,1-6H3. The summed E-state index contributed by atoms with van der Waals surface area (Å²) in [6, 6.07) is 13.2. The molecular formula is C17H24N2S. The molecule has 0 amide bonds. The fourth-order valence-electron chi connectivity index (χ4n) is 2.33. The maximum atomic E-state index is 2.37. The molecule has 0 spiro atoms. The Morgan fingerprint density at radius 2 is 1.55 bits per heavy atom. The molecule has 0 N–H and O–H groups in total. The van der Waals surface area contributed by atoms with Crippen molar-refractivity contribution in [1.82, 2.24) is 4.57 Å². The largest absolute Gasteiger partial charge is 0.378 e. The van der Waals surface area contributed by atoms with Gasteiger partial charge in [0, 0.05) is 36.6 Å². The van der Waals surface area contributed by atoms with Crippen molar-refractivity contribution in [1.29, 1.82) is 0 Å². The van der Waals surface area contributed by atoms with Crippen molar-refractivity contribution >= 4 is 17.4 Å². The number of anilines is 1. The molecule has 0 saturated heterocycles.